The van der Waals surface area contributed by atoms with Crippen LogP contribution < -0.4 is 5.73 Å². The summed E-state index contributed by atoms with van der Waals surface area (Å²) >= 11 is 0. The van der Waals surface area contributed by atoms with Gasteiger partial charge < -0.3 is 26.2 Å². The second-order valence-corrected chi connectivity index (χ2v) is 11.9. The van der Waals surface area contributed by atoms with Crippen LogP contribution in [0.15, 0.2) is 28.7 Å². The van der Waals surface area contributed by atoms with Crippen LogP contribution in [-0.2, 0) is 22.6 Å². The van der Waals surface area contributed by atoms with Crippen LogP contribution in [0.4, 0.5) is 0 Å². The van der Waals surface area contributed by atoms with Crippen molar-refractivity contribution < 1.29 is 34.8 Å². The first kappa shape index (κ1) is 28.3. The number of likely N-dealkylation sites (N-methyl/N-ethyl adjacent to an activating group) is 1. The molecule has 0 radical (unpaired) electrons. The van der Waals surface area contributed by atoms with Crippen molar-refractivity contribution in [3.05, 3.63) is 51.0 Å². The molecule has 0 unspecified atom stereocenters. The summed E-state index contributed by atoms with van der Waals surface area (Å²) in [5.41, 5.74) is 2.23. The maximum absolute atomic E-state index is 13.8. The molecule has 0 aliphatic heterocycles. The smallest absolute Gasteiger partial charge is 0.255 e. The van der Waals surface area contributed by atoms with E-state index < -0.39 is 58.0 Å². The molecule has 0 fully saturated rings. The number of hydrogen-bond acceptors (Lipinski definition) is 10. The molecule has 1 amide bonds. The van der Waals surface area contributed by atoms with Crippen LogP contribution in [0.5, 0.6) is 5.75 Å². The van der Waals surface area contributed by atoms with Crippen molar-refractivity contribution in [1.82, 2.24) is 9.80 Å². The van der Waals surface area contributed by atoms with E-state index in [1.54, 1.807) is 14.1 Å². The highest BCUT2D eigenvalue weighted by Crippen LogP contribution is 2.52. The molecule has 0 saturated carbocycles. The third-order valence-corrected chi connectivity index (χ3v) is 8.47. The first-order valence-electron chi connectivity index (χ1n) is 12.6. The quantitative estimate of drug-likeness (QED) is 0.349. The normalized spacial score (nSPS) is 26.9. The summed E-state index contributed by atoms with van der Waals surface area (Å²) in [5, 5.41) is 54.9. The Morgan fingerprint density at radius 3 is 2.33 bits per heavy atom. The highest BCUT2D eigenvalue weighted by molar-refractivity contribution is 6.24. The number of phenolic OH excluding ortho intramolecular Hbond substituents is 1. The summed E-state index contributed by atoms with van der Waals surface area (Å²) in [6.45, 7) is 6.34. The van der Waals surface area contributed by atoms with Gasteiger partial charge in [-0.3, -0.25) is 24.2 Å². The number of carbonyl (C=O) groups excluding carboxylic acids is 3. The van der Waals surface area contributed by atoms with Crippen molar-refractivity contribution in [3.8, 4) is 11.8 Å². The van der Waals surface area contributed by atoms with Gasteiger partial charge >= 0.3 is 0 Å². The number of allylic oxidation sites excluding steroid dienone is 1. The Hall–Kier alpha value is -3.72. The fourth-order valence-electron chi connectivity index (χ4n) is 6.15. The standard InChI is InChI=1S/C28H34N4O7/c1-27(2,3)32(6)11-13-9-17(33)19-14(15(13)10-29)7-12-8-16-21(31(4)5)23(35)20(26(30)38)25(37)28(16,39)24(36)18(12)22(19)34/h9,12,16,21,33,35-36,39H,7-8,11H2,1-6H3,(H2,30,38)/t12-,16-,21-,28-/m0/s1. The number of aliphatic hydroxyl groups excluding tert-OH is 2. The molecule has 3 aliphatic carbocycles. The number of nitrogens with two attached hydrogens (primary N) is 1. The lowest BCUT2D eigenvalue weighted by molar-refractivity contribution is -0.148. The van der Waals surface area contributed by atoms with Gasteiger partial charge in [0.05, 0.1) is 23.2 Å². The van der Waals surface area contributed by atoms with Crippen molar-refractivity contribution in [2.75, 3.05) is 21.1 Å². The monoisotopic (exact) mass is 538 g/mol. The SMILES string of the molecule is CN(C)[C@@H]1C(O)=C(C(N)=O)C(=O)[C@@]2(O)C(O)=C3C(=O)c4c(O)cc(CN(C)C(C)(C)C)c(C#N)c4C[C@H]3C[C@@H]12. The molecule has 0 aromatic heterocycles. The number of aromatic hydroxyl groups is 1. The Balaban J connectivity index is 1.92. The van der Waals surface area contributed by atoms with Crippen LogP contribution in [0.25, 0.3) is 0 Å². The van der Waals surface area contributed by atoms with Crippen LogP contribution in [0.2, 0.25) is 0 Å². The molecule has 0 saturated heterocycles. The minimum Gasteiger partial charge on any atom is -0.510 e. The molecule has 1 aromatic rings. The van der Waals surface area contributed by atoms with Gasteiger partial charge in [-0.1, -0.05) is 0 Å². The van der Waals surface area contributed by atoms with E-state index in [2.05, 4.69) is 6.07 Å². The Bertz CT molecular complexity index is 1410. The molecule has 3 aliphatic rings. The molecule has 39 heavy (non-hydrogen) atoms. The molecular formula is C28H34N4O7. The summed E-state index contributed by atoms with van der Waals surface area (Å²) in [6, 6.07) is 2.46. The highest BCUT2D eigenvalue weighted by Gasteiger charge is 2.63. The van der Waals surface area contributed by atoms with Gasteiger partial charge in [-0.2, -0.15) is 5.26 Å². The van der Waals surface area contributed by atoms with Crippen molar-refractivity contribution in [1.29, 1.82) is 5.26 Å². The van der Waals surface area contributed by atoms with Gasteiger partial charge in [-0.05, 0) is 77.9 Å². The molecule has 11 heteroatoms. The highest BCUT2D eigenvalue weighted by atomic mass is 16.3. The number of nitrogens with zero attached hydrogens (tertiary/aromatic N) is 3. The zero-order valence-corrected chi connectivity index (χ0v) is 22.9. The van der Waals surface area contributed by atoms with E-state index >= 15 is 0 Å². The van der Waals surface area contributed by atoms with Crippen molar-refractivity contribution in [2.45, 2.75) is 57.3 Å². The van der Waals surface area contributed by atoms with Gasteiger partial charge in [-0.15, -0.1) is 0 Å². The number of hydrogen-bond donors (Lipinski definition) is 5. The Labute approximate surface area is 226 Å². The molecule has 6 N–H and O–H groups in total. The van der Waals surface area contributed by atoms with Crippen LogP contribution in [-0.4, -0.2) is 86.0 Å². The summed E-state index contributed by atoms with van der Waals surface area (Å²) < 4.78 is 0. The number of carbonyl (C=O) groups is 3. The molecule has 0 heterocycles. The first-order chi connectivity index (χ1) is 18.0. The minimum absolute atomic E-state index is 0.0382. The Morgan fingerprint density at radius 1 is 1.21 bits per heavy atom. The van der Waals surface area contributed by atoms with Crippen molar-refractivity contribution >= 4 is 17.5 Å². The van der Waals surface area contributed by atoms with Crippen LogP contribution >= 0.6 is 0 Å². The van der Waals surface area contributed by atoms with Gasteiger partial charge in [0.1, 0.15) is 22.8 Å². The van der Waals surface area contributed by atoms with Gasteiger partial charge in [0.25, 0.3) is 5.91 Å². The topological polar surface area (TPSA) is 188 Å². The van der Waals surface area contributed by atoms with Crippen LogP contribution in [0, 0.1) is 23.2 Å². The van der Waals surface area contributed by atoms with Crippen LogP contribution in [0.1, 0.15) is 54.2 Å². The lowest BCUT2D eigenvalue weighted by atomic mass is 9.58. The average molecular weight is 539 g/mol. The van der Waals surface area contributed by atoms with E-state index in [-0.39, 0.29) is 40.8 Å². The second kappa shape index (κ2) is 9.19. The number of nitriles is 1. The van der Waals surface area contributed by atoms with Crippen LogP contribution in [0.3, 0.4) is 0 Å². The number of fused-ring (bicyclic) bond motifs is 3. The number of benzene rings is 1. The Morgan fingerprint density at radius 2 is 1.82 bits per heavy atom. The molecular weight excluding hydrogens is 504 g/mol. The molecule has 4 atom stereocenters. The minimum atomic E-state index is -2.70. The van der Waals surface area contributed by atoms with E-state index in [1.807, 2.05) is 32.7 Å². The van der Waals surface area contributed by atoms with E-state index in [9.17, 15) is 40.1 Å². The number of Topliss-reactive ketones (excluding diaryl/α,β-unsaturated/α-hetero) is 2. The van der Waals surface area contributed by atoms with Crippen molar-refractivity contribution in [2.24, 2.45) is 17.6 Å². The Kier molecular flexibility index (Phi) is 6.67. The average Bonchev–Trinajstić information content (AvgIpc) is 2.80. The predicted molar refractivity (Wildman–Crippen MR) is 140 cm³/mol. The molecule has 1 aromatic carbocycles. The lowest BCUT2D eigenvalue weighted by Gasteiger charge is -2.50. The fraction of sp³-hybridized carbons (Fsp3) is 0.500. The van der Waals surface area contributed by atoms with Gasteiger partial charge in [0, 0.05) is 23.6 Å². The number of primary amides is 1. The molecule has 0 bridgehead atoms. The second-order valence-electron chi connectivity index (χ2n) is 11.9. The fourth-order valence-corrected chi connectivity index (χ4v) is 6.15. The third-order valence-electron chi connectivity index (χ3n) is 8.47. The van der Waals surface area contributed by atoms with Gasteiger partial charge in [0.2, 0.25) is 5.78 Å². The van der Waals surface area contributed by atoms with Gasteiger partial charge in [-0.25, -0.2) is 0 Å². The summed E-state index contributed by atoms with van der Waals surface area (Å²) in [6.07, 6.45) is 0.0293. The zero-order valence-electron chi connectivity index (χ0n) is 22.9. The number of aliphatic hydroxyl groups is 3. The number of rotatable bonds is 4. The largest absolute Gasteiger partial charge is 0.510 e. The van der Waals surface area contributed by atoms with E-state index in [4.69, 9.17) is 5.73 Å². The first-order valence-corrected chi connectivity index (χ1v) is 12.6. The number of amides is 1. The maximum Gasteiger partial charge on any atom is 0.255 e. The molecule has 11 nitrogen and oxygen atoms in total. The molecule has 4 rings (SSSR count). The summed E-state index contributed by atoms with van der Waals surface area (Å²) in [4.78, 5) is 42.7. The maximum atomic E-state index is 13.8. The van der Waals surface area contributed by atoms with E-state index in [1.165, 1.54) is 11.0 Å². The lowest BCUT2D eigenvalue weighted by Crippen LogP contribution is -2.63. The molecule has 208 valence electrons. The van der Waals surface area contributed by atoms with Gasteiger partial charge in [0.15, 0.2) is 11.4 Å². The third kappa shape index (κ3) is 4.02. The predicted octanol–water partition coefficient (Wildman–Crippen LogP) is 1.22. The molecule has 0 spiro atoms. The number of phenols is 1. The zero-order chi connectivity index (χ0) is 29.4. The van der Waals surface area contributed by atoms with E-state index in [0.717, 1.165) is 0 Å². The van der Waals surface area contributed by atoms with E-state index in [0.29, 0.717) is 17.7 Å². The summed E-state index contributed by atoms with van der Waals surface area (Å²) in [7, 11) is 5.01. The number of ketones is 2. The summed E-state index contributed by atoms with van der Waals surface area (Å²) in [5.74, 6) is -7.19. The van der Waals surface area contributed by atoms with Crippen molar-refractivity contribution in [3.63, 3.8) is 0 Å².